The van der Waals surface area contributed by atoms with Gasteiger partial charge in [-0.3, -0.25) is 0 Å². The van der Waals surface area contributed by atoms with Crippen LogP contribution >= 0.6 is 0 Å². The molecule has 0 unspecified atom stereocenters. The third kappa shape index (κ3) is 8.21. The molecule has 1 aromatic carbocycles. The highest BCUT2D eigenvalue weighted by Gasteiger charge is 2.10. The Kier molecular flexibility index (Phi) is 7.68. The lowest BCUT2D eigenvalue weighted by Gasteiger charge is -2.18. The minimum atomic E-state index is -0.0896. The molecular formula is C18H31NO. The van der Waals surface area contributed by atoms with Crippen LogP contribution < -0.4 is 10.5 Å². The van der Waals surface area contributed by atoms with Crippen molar-refractivity contribution in [2.45, 2.75) is 71.3 Å². The van der Waals surface area contributed by atoms with Gasteiger partial charge in [0.15, 0.2) is 0 Å². The topological polar surface area (TPSA) is 35.2 Å². The molecule has 0 atom stereocenters. The normalized spacial score (nSPS) is 11.6. The van der Waals surface area contributed by atoms with Gasteiger partial charge in [0.1, 0.15) is 5.75 Å². The molecule has 0 heterocycles. The Labute approximate surface area is 124 Å². The zero-order valence-electron chi connectivity index (χ0n) is 13.5. The fourth-order valence-corrected chi connectivity index (χ4v) is 2.11. The maximum Gasteiger partial charge on any atom is 0.119 e. The quantitative estimate of drug-likeness (QED) is 0.629. The number of benzene rings is 1. The summed E-state index contributed by atoms with van der Waals surface area (Å²) in [6.45, 7) is 7.22. The van der Waals surface area contributed by atoms with Gasteiger partial charge >= 0.3 is 0 Å². The van der Waals surface area contributed by atoms with Crippen molar-refractivity contribution in [3.05, 3.63) is 29.8 Å². The van der Waals surface area contributed by atoms with Crippen LogP contribution in [0.3, 0.4) is 0 Å². The fourth-order valence-electron chi connectivity index (χ4n) is 2.11. The zero-order valence-corrected chi connectivity index (χ0v) is 13.5. The smallest absolute Gasteiger partial charge is 0.119 e. The number of nitrogens with two attached hydrogens (primary N) is 1. The summed E-state index contributed by atoms with van der Waals surface area (Å²) in [5.74, 6) is 0.983. The Balaban J connectivity index is 2.21. The Morgan fingerprint density at radius 3 is 2.25 bits per heavy atom. The molecule has 114 valence electrons. The molecule has 2 nitrogen and oxygen atoms in total. The largest absolute Gasteiger partial charge is 0.494 e. The molecule has 0 aliphatic carbocycles. The molecule has 0 saturated heterocycles. The third-order valence-electron chi connectivity index (χ3n) is 3.50. The van der Waals surface area contributed by atoms with Gasteiger partial charge in [0, 0.05) is 5.54 Å². The summed E-state index contributed by atoms with van der Waals surface area (Å²) in [5.41, 5.74) is 7.25. The van der Waals surface area contributed by atoms with Crippen LogP contribution in [-0.2, 0) is 6.42 Å². The third-order valence-corrected chi connectivity index (χ3v) is 3.50. The summed E-state index contributed by atoms with van der Waals surface area (Å²) >= 11 is 0. The van der Waals surface area contributed by atoms with Gasteiger partial charge in [0.25, 0.3) is 0 Å². The van der Waals surface area contributed by atoms with E-state index in [0.29, 0.717) is 0 Å². The average molecular weight is 277 g/mol. The second kappa shape index (κ2) is 9.02. The molecule has 0 bridgehead atoms. The molecular weight excluding hydrogens is 246 g/mol. The predicted octanol–water partition coefficient (Wildman–Crippen LogP) is 4.71. The van der Waals surface area contributed by atoms with Crippen LogP contribution in [0.2, 0.25) is 0 Å². The Hall–Kier alpha value is -1.02. The van der Waals surface area contributed by atoms with Crippen molar-refractivity contribution in [1.29, 1.82) is 0 Å². The summed E-state index contributed by atoms with van der Waals surface area (Å²) in [7, 11) is 0. The van der Waals surface area contributed by atoms with E-state index in [-0.39, 0.29) is 5.54 Å². The number of unbranched alkanes of at least 4 members (excludes halogenated alkanes) is 4. The van der Waals surface area contributed by atoms with Gasteiger partial charge in [-0.05, 0) is 50.8 Å². The first-order valence-electron chi connectivity index (χ1n) is 8.02. The van der Waals surface area contributed by atoms with Crippen molar-refractivity contribution in [3.63, 3.8) is 0 Å². The van der Waals surface area contributed by atoms with Crippen LogP contribution in [0.5, 0.6) is 5.75 Å². The van der Waals surface area contributed by atoms with E-state index in [1.165, 1.54) is 31.2 Å². The highest BCUT2D eigenvalue weighted by Crippen LogP contribution is 2.16. The van der Waals surface area contributed by atoms with Crippen molar-refractivity contribution in [2.24, 2.45) is 5.73 Å². The van der Waals surface area contributed by atoms with Crippen LogP contribution in [0.25, 0.3) is 0 Å². The van der Waals surface area contributed by atoms with E-state index in [1.54, 1.807) is 0 Å². The van der Waals surface area contributed by atoms with Gasteiger partial charge in [-0.25, -0.2) is 0 Å². The lowest BCUT2D eigenvalue weighted by atomic mass is 9.97. The summed E-state index contributed by atoms with van der Waals surface area (Å²) < 4.78 is 5.76. The van der Waals surface area contributed by atoms with Gasteiger partial charge in [-0.2, -0.15) is 0 Å². The number of hydrogen-bond acceptors (Lipinski definition) is 2. The molecule has 1 rings (SSSR count). The zero-order chi connectivity index (χ0) is 14.8. The summed E-state index contributed by atoms with van der Waals surface area (Å²) in [4.78, 5) is 0. The Morgan fingerprint density at radius 1 is 1.00 bits per heavy atom. The van der Waals surface area contributed by atoms with Crippen LogP contribution in [0.15, 0.2) is 24.3 Å². The molecule has 0 aliphatic rings. The molecule has 1 aromatic rings. The number of aryl methyl sites for hydroxylation is 1. The van der Waals surface area contributed by atoms with E-state index >= 15 is 0 Å². The first-order valence-corrected chi connectivity index (χ1v) is 8.02. The number of hydrogen-bond donors (Lipinski definition) is 1. The SMILES string of the molecule is CCCCCCCOc1ccc(CCC(C)(C)N)cc1. The first kappa shape index (κ1) is 17.0. The van der Waals surface area contributed by atoms with Gasteiger partial charge in [0.2, 0.25) is 0 Å². The number of ether oxygens (including phenoxy) is 1. The van der Waals surface area contributed by atoms with Gasteiger partial charge < -0.3 is 10.5 Å². The number of rotatable bonds is 10. The van der Waals surface area contributed by atoms with Crippen molar-refractivity contribution in [2.75, 3.05) is 6.61 Å². The summed E-state index contributed by atoms with van der Waals surface area (Å²) in [6.07, 6.45) is 8.42. The maximum atomic E-state index is 6.00. The van der Waals surface area contributed by atoms with Crippen molar-refractivity contribution >= 4 is 0 Å². The second-order valence-corrected chi connectivity index (χ2v) is 6.40. The summed E-state index contributed by atoms with van der Waals surface area (Å²) in [6, 6.07) is 8.45. The lowest BCUT2D eigenvalue weighted by Crippen LogP contribution is -2.32. The molecule has 0 amide bonds. The van der Waals surface area contributed by atoms with Crippen LogP contribution in [0, 0.1) is 0 Å². The molecule has 2 N–H and O–H groups in total. The Morgan fingerprint density at radius 2 is 1.65 bits per heavy atom. The van der Waals surface area contributed by atoms with Gasteiger partial charge in [-0.15, -0.1) is 0 Å². The van der Waals surface area contributed by atoms with Crippen LogP contribution in [0.4, 0.5) is 0 Å². The standard InChI is InChI=1S/C18H31NO/c1-4-5-6-7-8-15-20-17-11-9-16(10-12-17)13-14-18(2,3)19/h9-12H,4-8,13-15,19H2,1-3H3. The highest BCUT2D eigenvalue weighted by atomic mass is 16.5. The molecule has 0 aromatic heterocycles. The van der Waals surface area contributed by atoms with E-state index in [4.69, 9.17) is 10.5 Å². The summed E-state index contributed by atoms with van der Waals surface area (Å²) in [5, 5.41) is 0. The molecule has 0 radical (unpaired) electrons. The minimum Gasteiger partial charge on any atom is -0.494 e. The van der Waals surface area contributed by atoms with Gasteiger partial charge in [0.05, 0.1) is 6.61 Å². The van der Waals surface area contributed by atoms with E-state index in [2.05, 4.69) is 45.0 Å². The molecule has 0 spiro atoms. The maximum absolute atomic E-state index is 6.00. The van der Waals surface area contributed by atoms with E-state index < -0.39 is 0 Å². The van der Waals surface area contributed by atoms with E-state index in [9.17, 15) is 0 Å². The molecule has 20 heavy (non-hydrogen) atoms. The average Bonchev–Trinajstić information content (AvgIpc) is 2.41. The minimum absolute atomic E-state index is 0.0896. The van der Waals surface area contributed by atoms with E-state index in [0.717, 1.165) is 31.6 Å². The second-order valence-electron chi connectivity index (χ2n) is 6.40. The fraction of sp³-hybridized carbons (Fsp3) is 0.667. The highest BCUT2D eigenvalue weighted by molar-refractivity contribution is 5.27. The van der Waals surface area contributed by atoms with Crippen molar-refractivity contribution in [1.82, 2.24) is 0 Å². The lowest BCUT2D eigenvalue weighted by molar-refractivity contribution is 0.304. The van der Waals surface area contributed by atoms with Crippen molar-refractivity contribution in [3.8, 4) is 5.75 Å². The van der Waals surface area contributed by atoms with Crippen LogP contribution in [0.1, 0.15) is 64.9 Å². The molecule has 2 heteroatoms. The molecule has 0 aliphatic heterocycles. The first-order chi connectivity index (χ1) is 9.51. The predicted molar refractivity (Wildman–Crippen MR) is 87.3 cm³/mol. The van der Waals surface area contributed by atoms with Gasteiger partial charge in [-0.1, -0.05) is 44.7 Å². The van der Waals surface area contributed by atoms with E-state index in [1.807, 2.05) is 0 Å². The molecule has 0 saturated carbocycles. The Bertz CT molecular complexity index is 351. The van der Waals surface area contributed by atoms with Crippen molar-refractivity contribution < 1.29 is 4.74 Å². The van der Waals surface area contributed by atoms with Crippen LogP contribution in [-0.4, -0.2) is 12.1 Å². The molecule has 0 fully saturated rings. The monoisotopic (exact) mass is 277 g/mol.